The van der Waals surface area contributed by atoms with Crippen molar-refractivity contribution in [3.63, 3.8) is 0 Å². The second-order valence-corrected chi connectivity index (χ2v) is 6.65. The molecule has 138 valence electrons. The van der Waals surface area contributed by atoms with Gasteiger partial charge < -0.3 is 0 Å². The lowest BCUT2D eigenvalue weighted by molar-refractivity contribution is -0.124. The minimum absolute atomic E-state index is 0.370. The normalized spacial score (nSPS) is 16.0. The first-order valence-electron chi connectivity index (χ1n) is 8.82. The Morgan fingerprint density at radius 3 is 1.18 bits per heavy atom. The number of hydrogen-bond acceptors (Lipinski definition) is 4. The summed E-state index contributed by atoms with van der Waals surface area (Å²) >= 11 is 0. The van der Waals surface area contributed by atoms with E-state index in [1.54, 1.807) is 0 Å². The fraction of sp³-hybridized carbons (Fsp3) is 0.0909. The molecule has 2 aromatic carbocycles. The summed E-state index contributed by atoms with van der Waals surface area (Å²) in [5, 5.41) is 4.48. The molecule has 4 amide bonds. The van der Waals surface area contributed by atoms with Gasteiger partial charge in [-0.2, -0.15) is 0 Å². The maximum absolute atomic E-state index is 11.7. The molecule has 0 aliphatic carbocycles. The number of rotatable bonds is 5. The van der Waals surface area contributed by atoms with Crippen LogP contribution >= 0.6 is 0 Å². The van der Waals surface area contributed by atoms with Gasteiger partial charge in [-0.3, -0.25) is 29.8 Å². The van der Waals surface area contributed by atoms with Crippen molar-refractivity contribution in [2.24, 2.45) is 0 Å². The van der Waals surface area contributed by atoms with Gasteiger partial charge in [-0.15, -0.1) is 0 Å². The summed E-state index contributed by atoms with van der Waals surface area (Å²) in [5.41, 5.74) is 4.43. The molecule has 2 aliphatic heterocycles. The summed E-state index contributed by atoms with van der Waals surface area (Å²) in [4.78, 5) is 45.9. The lowest BCUT2D eigenvalue weighted by atomic mass is 9.99. The SMILES string of the molecule is O=C1C=C(c2ccc(CCc3ccc(C4=CC(=O)NC4=O)cc3)cc2)C(=O)N1. The first kappa shape index (κ1) is 17.6. The van der Waals surface area contributed by atoms with Gasteiger partial charge in [0.1, 0.15) is 0 Å². The topological polar surface area (TPSA) is 92.3 Å². The molecule has 0 atom stereocenters. The molecule has 2 aliphatic rings. The van der Waals surface area contributed by atoms with Crippen molar-refractivity contribution in [2.75, 3.05) is 0 Å². The lowest BCUT2D eigenvalue weighted by Crippen LogP contribution is -2.21. The number of aryl methyl sites for hydroxylation is 2. The number of nitrogens with one attached hydrogen (secondary N) is 2. The summed E-state index contributed by atoms with van der Waals surface area (Å²) in [6, 6.07) is 15.1. The minimum atomic E-state index is -0.386. The van der Waals surface area contributed by atoms with Crippen molar-refractivity contribution in [3.05, 3.63) is 82.9 Å². The largest absolute Gasteiger partial charge is 0.289 e. The van der Waals surface area contributed by atoms with Crippen LogP contribution in [0.5, 0.6) is 0 Å². The Labute approximate surface area is 160 Å². The van der Waals surface area contributed by atoms with Crippen molar-refractivity contribution in [1.82, 2.24) is 10.6 Å². The van der Waals surface area contributed by atoms with E-state index < -0.39 is 0 Å². The van der Waals surface area contributed by atoms with Gasteiger partial charge in [0.05, 0.1) is 11.1 Å². The summed E-state index contributed by atoms with van der Waals surface area (Å²) < 4.78 is 0. The van der Waals surface area contributed by atoms with Crippen LogP contribution in [0.15, 0.2) is 60.7 Å². The van der Waals surface area contributed by atoms with Crippen LogP contribution in [0.25, 0.3) is 11.1 Å². The number of imide groups is 2. The fourth-order valence-corrected chi connectivity index (χ4v) is 3.24. The van der Waals surface area contributed by atoms with E-state index in [4.69, 9.17) is 0 Å². The van der Waals surface area contributed by atoms with Crippen LogP contribution < -0.4 is 10.6 Å². The monoisotopic (exact) mass is 372 g/mol. The molecule has 28 heavy (non-hydrogen) atoms. The summed E-state index contributed by atoms with van der Waals surface area (Å²) in [5.74, 6) is -1.51. The highest BCUT2D eigenvalue weighted by Gasteiger charge is 2.22. The molecule has 0 fully saturated rings. The van der Waals surface area contributed by atoms with Gasteiger partial charge in [-0.25, -0.2) is 0 Å². The molecule has 0 bridgehead atoms. The quantitative estimate of drug-likeness (QED) is 0.779. The van der Waals surface area contributed by atoms with E-state index in [1.165, 1.54) is 12.2 Å². The number of carbonyl (C=O) groups excluding carboxylic acids is 4. The highest BCUT2D eigenvalue weighted by Crippen LogP contribution is 2.21. The number of benzene rings is 2. The molecule has 0 spiro atoms. The van der Waals surface area contributed by atoms with Gasteiger partial charge in [0.2, 0.25) is 0 Å². The third-order valence-electron chi connectivity index (χ3n) is 4.75. The first-order chi connectivity index (χ1) is 13.5. The van der Waals surface area contributed by atoms with Gasteiger partial charge in [0, 0.05) is 12.2 Å². The van der Waals surface area contributed by atoms with Crippen LogP contribution in [0.2, 0.25) is 0 Å². The Morgan fingerprint density at radius 2 is 0.893 bits per heavy atom. The highest BCUT2D eigenvalue weighted by molar-refractivity contribution is 6.34. The number of hydrogen-bond donors (Lipinski definition) is 2. The molecule has 2 heterocycles. The summed E-state index contributed by atoms with van der Waals surface area (Å²) in [6.45, 7) is 0. The molecule has 6 heteroatoms. The van der Waals surface area contributed by atoms with Crippen LogP contribution in [0.3, 0.4) is 0 Å². The van der Waals surface area contributed by atoms with Crippen molar-refractivity contribution in [2.45, 2.75) is 12.8 Å². The van der Waals surface area contributed by atoms with Gasteiger partial charge in [-0.05, 0) is 35.1 Å². The van der Waals surface area contributed by atoms with E-state index in [1.807, 2.05) is 48.5 Å². The molecule has 0 saturated carbocycles. The van der Waals surface area contributed by atoms with Crippen molar-refractivity contribution >= 4 is 34.8 Å². The number of amides is 4. The Kier molecular flexibility index (Phi) is 4.45. The van der Waals surface area contributed by atoms with E-state index in [2.05, 4.69) is 10.6 Å². The predicted molar refractivity (Wildman–Crippen MR) is 103 cm³/mol. The van der Waals surface area contributed by atoms with Crippen molar-refractivity contribution in [1.29, 1.82) is 0 Å². The minimum Gasteiger partial charge on any atom is -0.289 e. The molecule has 0 unspecified atom stereocenters. The number of carbonyl (C=O) groups is 4. The molecule has 0 radical (unpaired) electrons. The molecule has 2 N–H and O–H groups in total. The Bertz CT molecular complexity index is 973. The smallest absolute Gasteiger partial charge is 0.258 e. The van der Waals surface area contributed by atoms with E-state index >= 15 is 0 Å². The van der Waals surface area contributed by atoms with E-state index in [9.17, 15) is 19.2 Å². The Balaban J connectivity index is 1.40. The average molecular weight is 372 g/mol. The van der Waals surface area contributed by atoms with Crippen molar-refractivity contribution < 1.29 is 19.2 Å². The molecular weight excluding hydrogens is 356 g/mol. The maximum Gasteiger partial charge on any atom is 0.258 e. The van der Waals surface area contributed by atoms with Gasteiger partial charge >= 0.3 is 0 Å². The maximum atomic E-state index is 11.7. The van der Waals surface area contributed by atoms with Crippen LogP contribution in [-0.2, 0) is 32.0 Å². The van der Waals surface area contributed by atoms with E-state index in [-0.39, 0.29) is 23.6 Å². The van der Waals surface area contributed by atoms with Gasteiger partial charge in [0.15, 0.2) is 0 Å². The molecule has 6 nitrogen and oxygen atoms in total. The fourth-order valence-electron chi connectivity index (χ4n) is 3.24. The third-order valence-corrected chi connectivity index (χ3v) is 4.75. The third kappa shape index (κ3) is 3.53. The molecular formula is C22H16N2O4. The van der Waals surface area contributed by atoms with Crippen LogP contribution in [0.1, 0.15) is 22.3 Å². The van der Waals surface area contributed by atoms with Crippen LogP contribution in [0, 0.1) is 0 Å². The molecule has 2 aromatic rings. The van der Waals surface area contributed by atoms with Gasteiger partial charge in [0.25, 0.3) is 23.6 Å². The second-order valence-electron chi connectivity index (χ2n) is 6.65. The lowest BCUT2D eigenvalue weighted by Gasteiger charge is -2.06. The molecule has 0 aromatic heterocycles. The zero-order valence-electron chi connectivity index (χ0n) is 14.8. The average Bonchev–Trinajstić information content (AvgIpc) is 3.21. The zero-order chi connectivity index (χ0) is 19.7. The Morgan fingerprint density at radius 1 is 0.536 bits per heavy atom. The van der Waals surface area contributed by atoms with Crippen LogP contribution in [0.4, 0.5) is 0 Å². The van der Waals surface area contributed by atoms with Crippen LogP contribution in [-0.4, -0.2) is 23.6 Å². The first-order valence-corrected chi connectivity index (χ1v) is 8.82. The Hall–Kier alpha value is -3.80. The van der Waals surface area contributed by atoms with Gasteiger partial charge in [-0.1, -0.05) is 48.5 Å². The van der Waals surface area contributed by atoms with Crippen molar-refractivity contribution in [3.8, 4) is 0 Å². The summed E-state index contributed by atoms with van der Waals surface area (Å²) in [7, 11) is 0. The molecule has 0 saturated heterocycles. The van der Waals surface area contributed by atoms with E-state index in [0.717, 1.165) is 24.0 Å². The summed E-state index contributed by atoms with van der Waals surface area (Å²) in [6.07, 6.45) is 4.25. The zero-order valence-corrected chi connectivity index (χ0v) is 14.8. The van der Waals surface area contributed by atoms with E-state index in [0.29, 0.717) is 22.3 Å². The standard InChI is InChI=1S/C22H16N2O4/c25-19-11-17(21(27)23-19)15-7-3-13(4-8-15)1-2-14-5-9-16(10-6-14)18-12-20(26)24-22(18)28/h3-12H,1-2H2,(H,23,25,27)(H,24,26,28). The predicted octanol–water partition coefficient (Wildman–Crippen LogP) is 1.55. The second kappa shape index (κ2) is 7.08. The molecule has 4 rings (SSSR count). The highest BCUT2D eigenvalue weighted by atomic mass is 16.2.